The van der Waals surface area contributed by atoms with Gasteiger partial charge in [-0.25, -0.2) is 15.0 Å². The summed E-state index contributed by atoms with van der Waals surface area (Å²) < 4.78 is 15.1. The van der Waals surface area contributed by atoms with Crippen LogP contribution in [0, 0.1) is 0 Å². The van der Waals surface area contributed by atoms with Crippen molar-refractivity contribution in [2.24, 2.45) is 0 Å². The number of nitrogens with zero attached hydrogens (tertiary/aromatic N) is 4. The predicted octanol–water partition coefficient (Wildman–Crippen LogP) is 15.1. The predicted molar refractivity (Wildman–Crippen MR) is 256 cm³/mol. The van der Waals surface area contributed by atoms with Crippen LogP contribution in [0.3, 0.4) is 0 Å². The molecule has 0 aliphatic carbocycles. The molecule has 9 aromatic carbocycles. The number of hydrogen-bond acceptors (Lipinski definition) is 5. The first-order valence-corrected chi connectivity index (χ1v) is 21.1. The highest BCUT2D eigenvalue weighted by Crippen LogP contribution is 2.40. The lowest BCUT2D eigenvalue weighted by atomic mass is 9.97. The SMILES string of the molecule is c1ccc(-c2nc(-c3ccc4c(c3)oc3ccccc34)nc(-c3cccc4oc5ccc(-c6ccc(-c7ccc8c(c7)c7ccccc7n8-c7ccccc7)cc6)cc5c34)n2)cc1. The highest BCUT2D eigenvalue weighted by molar-refractivity contribution is 6.13. The fraction of sp³-hybridized carbons (Fsp3) is 0. The lowest BCUT2D eigenvalue weighted by Gasteiger charge is -2.10. The van der Waals surface area contributed by atoms with E-state index in [1.165, 1.54) is 27.4 Å². The normalized spacial score (nSPS) is 11.8. The molecule has 63 heavy (non-hydrogen) atoms. The molecule has 294 valence electrons. The minimum absolute atomic E-state index is 0.563. The van der Waals surface area contributed by atoms with E-state index in [4.69, 9.17) is 23.8 Å². The van der Waals surface area contributed by atoms with Gasteiger partial charge in [0, 0.05) is 54.7 Å². The Morgan fingerprint density at radius 3 is 1.67 bits per heavy atom. The Kier molecular flexibility index (Phi) is 7.80. The second kappa shape index (κ2) is 14.0. The highest BCUT2D eigenvalue weighted by atomic mass is 16.3. The van der Waals surface area contributed by atoms with Crippen LogP contribution in [0.25, 0.3) is 128 Å². The molecule has 13 rings (SSSR count). The molecule has 0 fully saturated rings. The number of rotatable bonds is 6. The molecule has 6 heteroatoms. The summed E-state index contributed by atoms with van der Waals surface area (Å²) >= 11 is 0. The van der Waals surface area contributed by atoms with Crippen molar-refractivity contribution in [3.05, 3.63) is 206 Å². The molecule has 0 bridgehead atoms. The summed E-state index contributed by atoms with van der Waals surface area (Å²) in [5, 5.41) is 6.56. The number of para-hydroxylation sites is 3. The van der Waals surface area contributed by atoms with Gasteiger partial charge in [0.2, 0.25) is 0 Å². The summed E-state index contributed by atoms with van der Waals surface area (Å²) in [7, 11) is 0. The zero-order valence-electron chi connectivity index (χ0n) is 33.7. The number of fused-ring (bicyclic) bond motifs is 9. The average molecular weight is 807 g/mol. The molecule has 0 saturated heterocycles. The van der Waals surface area contributed by atoms with E-state index < -0.39 is 0 Å². The van der Waals surface area contributed by atoms with Gasteiger partial charge in [-0.2, -0.15) is 0 Å². The van der Waals surface area contributed by atoms with E-state index in [0.29, 0.717) is 17.5 Å². The average Bonchev–Trinajstić information content (AvgIpc) is 4.03. The third-order valence-corrected chi connectivity index (χ3v) is 12.3. The Bertz CT molecular complexity index is 3900. The zero-order valence-corrected chi connectivity index (χ0v) is 33.7. The lowest BCUT2D eigenvalue weighted by molar-refractivity contribution is 0.668. The third-order valence-electron chi connectivity index (χ3n) is 12.3. The molecule has 0 spiro atoms. The number of hydrogen-bond donors (Lipinski definition) is 0. The fourth-order valence-corrected chi connectivity index (χ4v) is 9.26. The summed E-state index contributed by atoms with van der Waals surface area (Å²) in [5.41, 5.74) is 13.9. The van der Waals surface area contributed by atoms with Crippen molar-refractivity contribution in [3.8, 4) is 62.1 Å². The van der Waals surface area contributed by atoms with E-state index in [1.54, 1.807) is 0 Å². The molecule has 0 unspecified atom stereocenters. The fourth-order valence-electron chi connectivity index (χ4n) is 9.26. The van der Waals surface area contributed by atoms with Gasteiger partial charge in [-0.05, 0) is 89.0 Å². The Morgan fingerprint density at radius 1 is 0.302 bits per heavy atom. The minimum Gasteiger partial charge on any atom is -0.456 e. The highest BCUT2D eigenvalue weighted by Gasteiger charge is 2.20. The molecular weight excluding hydrogens is 773 g/mol. The van der Waals surface area contributed by atoms with Crippen molar-refractivity contribution in [1.29, 1.82) is 0 Å². The monoisotopic (exact) mass is 806 g/mol. The van der Waals surface area contributed by atoms with Gasteiger partial charge in [0.15, 0.2) is 17.5 Å². The van der Waals surface area contributed by atoms with Gasteiger partial charge in [0.25, 0.3) is 0 Å². The van der Waals surface area contributed by atoms with E-state index in [0.717, 1.165) is 82.9 Å². The molecule has 0 amide bonds. The summed E-state index contributed by atoms with van der Waals surface area (Å²) in [4.78, 5) is 15.3. The van der Waals surface area contributed by atoms with Gasteiger partial charge in [-0.15, -0.1) is 0 Å². The van der Waals surface area contributed by atoms with Crippen molar-refractivity contribution in [1.82, 2.24) is 19.5 Å². The number of aromatic nitrogens is 4. The van der Waals surface area contributed by atoms with Gasteiger partial charge in [-0.3, -0.25) is 0 Å². The summed E-state index contributed by atoms with van der Waals surface area (Å²) in [5.74, 6) is 1.72. The smallest absolute Gasteiger partial charge is 0.164 e. The standard InChI is InChI=1S/C57H34N4O2/c1-3-12-37(13-4-1)55-58-56(40-26-29-44-43-17-8-10-20-50(43)63-53(44)34-40)60-57(59-55)45-18-11-21-52-54(45)47-33-39(28-31-51(47)62-52)36-24-22-35(23-25-36)38-27-30-49-46(32-38)42-16-7-9-19-48(42)61(49)41-14-5-2-6-15-41/h1-34H. The van der Waals surface area contributed by atoms with Crippen LogP contribution in [0.1, 0.15) is 0 Å². The summed E-state index contributed by atoms with van der Waals surface area (Å²) in [6, 6.07) is 71.7. The molecule has 0 radical (unpaired) electrons. The van der Waals surface area contributed by atoms with Crippen LogP contribution in [0.15, 0.2) is 215 Å². The molecule has 0 atom stereocenters. The first-order chi connectivity index (χ1) is 31.2. The van der Waals surface area contributed by atoms with Crippen LogP contribution >= 0.6 is 0 Å². The van der Waals surface area contributed by atoms with Crippen molar-refractivity contribution >= 4 is 65.7 Å². The van der Waals surface area contributed by atoms with Crippen LogP contribution in [-0.2, 0) is 0 Å². The van der Waals surface area contributed by atoms with Gasteiger partial charge < -0.3 is 13.4 Å². The van der Waals surface area contributed by atoms with Gasteiger partial charge >= 0.3 is 0 Å². The van der Waals surface area contributed by atoms with Crippen LogP contribution in [-0.4, -0.2) is 19.5 Å². The molecule has 0 N–H and O–H groups in total. The van der Waals surface area contributed by atoms with Gasteiger partial charge in [0.1, 0.15) is 22.3 Å². The second-order valence-corrected chi connectivity index (χ2v) is 16.0. The molecular formula is C57H34N4O2. The first kappa shape index (κ1) is 35.2. The van der Waals surface area contributed by atoms with E-state index in [9.17, 15) is 0 Å². The maximum Gasteiger partial charge on any atom is 0.164 e. The first-order valence-electron chi connectivity index (χ1n) is 21.1. The molecule has 0 saturated carbocycles. The van der Waals surface area contributed by atoms with E-state index in [1.807, 2.05) is 66.7 Å². The zero-order chi connectivity index (χ0) is 41.4. The van der Waals surface area contributed by atoms with Crippen LogP contribution in [0.5, 0.6) is 0 Å². The third kappa shape index (κ3) is 5.76. The van der Waals surface area contributed by atoms with E-state index >= 15 is 0 Å². The molecule has 4 heterocycles. The molecule has 0 aliphatic rings. The van der Waals surface area contributed by atoms with Crippen LogP contribution in [0.2, 0.25) is 0 Å². The Labute approximate surface area is 361 Å². The summed E-state index contributed by atoms with van der Waals surface area (Å²) in [6.07, 6.45) is 0. The number of benzene rings is 9. The van der Waals surface area contributed by atoms with E-state index in [2.05, 4.69) is 144 Å². The van der Waals surface area contributed by atoms with Crippen molar-refractivity contribution in [2.45, 2.75) is 0 Å². The largest absolute Gasteiger partial charge is 0.456 e. The molecule has 0 aliphatic heterocycles. The molecule has 4 aromatic heterocycles. The summed E-state index contributed by atoms with van der Waals surface area (Å²) in [6.45, 7) is 0. The Morgan fingerprint density at radius 2 is 0.857 bits per heavy atom. The number of furan rings is 2. The van der Waals surface area contributed by atoms with Gasteiger partial charge in [0.05, 0.1) is 11.0 Å². The molecule has 6 nitrogen and oxygen atoms in total. The quantitative estimate of drug-likeness (QED) is 0.167. The molecule has 13 aromatic rings. The Balaban J connectivity index is 0.902. The van der Waals surface area contributed by atoms with Gasteiger partial charge in [-0.1, -0.05) is 140 Å². The second-order valence-electron chi connectivity index (χ2n) is 16.0. The van der Waals surface area contributed by atoms with Crippen LogP contribution in [0.4, 0.5) is 0 Å². The minimum atomic E-state index is 0.563. The van der Waals surface area contributed by atoms with Crippen LogP contribution < -0.4 is 0 Å². The maximum absolute atomic E-state index is 6.50. The van der Waals surface area contributed by atoms with Crippen molar-refractivity contribution < 1.29 is 8.83 Å². The van der Waals surface area contributed by atoms with E-state index in [-0.39, 0.29) is 0 Å². The van der Waals surface area contributed by atoms with Crippen molar-refractivity contribution in [3.63, 3.8) is 0 Å². The maximum atomic E-state index is 6.50. The topological polar surface area (TPSA) is 69.9 Å². The van der Waals surface area contributed by atoms with Crippen molar-refractivity contribution in [2.75, 3.05) is 0 Å². The lowest BCUT2D eigenvalue weighted by Crippen LogP contribution is -2.00. The Hall–Kier alpha value is -8.61.